The minimum absolute atomic E-state index is 0.0156. The van der Waals surface area contributed by atoms with Crippen molar-refractivity contribution in [3.63, 3.8) is 0 Å². The molecule has 11 heavy (non-hydrogen) atoms. The maximum absolute atomic E-state index is 11.1. The van der Waals surface area contributed by atoms with Gasteiger partial charge in [0.15, 0.2) is 5.82 Å². The highest BCUT2D eigenvalue weighted by Gasteiger charge is 2.05. The average Bonchev–Trinajstić information content (AvgIpc) is 2.07. The Bertz CT molecular complexity index is 237. The van der Waals surface area contributed by atoms with Gasteiger partial charge in [0.2, 0.25) is 5.78 Å². The number of carbonyl (C=O) groups excluding carboxylic acids is 1. The van der Waals surface area contributed by atoms with E-state index in [-0.39, 0.29) is 5.78 Å². The standard InChI is InChI=1S/C7H8N2OS/c1-11-5-6(10)7-8-3-2-4-9-7/h2-4H,5H2,1H3. The number of ketones is 1. The van der Waals surface area contributed by atoms with Gasteiger partial charge in [-0.25, -0.2) is 9.97 Å². The van der Waals surface area contributed by atoms with Crippen molar-refractivity contribution in [2.45, 2.75) is 0 Å². The highest BCUT2D eigenvalue weighted by atomic mass is 32.2. The molecule has 0 saturated carbocycles. The Hall–Kier alpha value is -0.900. The molecule has 4 heteroatoms. The number of carbonyl (C=O) groups is 1. The second-order valence-electron chi connectivity index (χ2n) is 1.93. The molecule has 0 aromatic carbocycles. The Morgan fingerprint density at radius 1 is 1.55 bits per heavy atom. The number of nitrogens with zero attached hydrogens (tertiary/aromatic N) is 2. The fourth-order valence-electron chi connectivity index (χ4n) is 0.639. The summed E-state index contributed by atoms with van der Waals surface area (Å²) in [5.41, 5.74) is 0. The zero-order valence-electron chi connectivity index (χ0n) is 6.15. The lowest BCUT2D eigenvalue weighted by atomic mass is 10.4. The van der Waals surface area contributed by atoms with Crippen molar-refractivity contribution in [3.05, 3.63) is 24.3 Å². The molecule has 0 spiro atoms. The molecule has 0 bridgehead atoms. The van der Waals surface area contributed by atoms with Crippen LogP contribution in [0.25, 0.3) is 0 Å². The number of rotatable bonds is 3. The fraction of sp³-hybridized carbons (Fsp3) is 0.286. The van der Waals surface area contributed by atoms with E-state index in [4.69, 9.17) is 0 Å². The summed E-state index contributed by atoms with van der Waals surface area (Å²) in [7, 11) is 0. The topological polar surface area (TPSA) is 42.9 Å². The minimum Gasteiger partial charge on any atom is -0.290 e. The van der Waals surface area contributed by atoms with Gasteiger partial charge in [-0.3, -0.25) is 4.79 Å². The summed E-state index contributed by atoms with van der Waals surface area (Å²) in [4.78, 5) is 18.7. The van der Waals surface area contributed by atoms with Crippen LogP contribution >= 0.6 is 11.8 Å². The molecule has 0 amide bonds. The maximum atomic E-state index is 11.1. The molecular weight excluding hydrogens is 160 g/mol. The average molecular weight is 168 g/mol. The van der Waals surface area contributed by atoms with Crippen LogP contribution in [0.3, 0.4) is 0 Å². The lowest BCUT2D eigenvalue weighted by Crippen LogP contribution is -2.06. The molecule has 0 fully saturated rings. The van der Waals surface area contributed by atoms with E-state index in [1.165, 1.54) is 11.8 Å². The first-order valence-corrected chi connectivity index (χ1v) is 4.53. The van der Waals surface area contributed by atoms with E-state index in [2.05, 4.69) is 9.97 Å². The van der Waals surface area contributed by atoms with Crippen LogP contribution in [0.15, 0.2) is 18.5 Å². The van der Waals surface area contributed by atoms with Crippen molar-refractivity contribution >= 4 is 17.5 Å². The van der Waals surface area contributed by atoms with E-state index in [0.29, 0.717) is 11.6 Å². The van der Waals surface area contributed by atoms with Crippen molar-refractivity contribution in [2.24, 2.45) is 0 Å². The first-order chi connectivity index (χ1) is 5.34. The Kier molecular flexibility index (Phi) is 3.04. The zero-order chi connectivity index (χ0) is 8.10. The quantitative estimate of drug-likeness (QED) is 0.632. The van der Waals surface area contributed by atoms with Gasteiger partial charge in [-0.15, -0.1) is 0 Å². The van der Waals surface area contributed by atoms with Crippen LogP contribution in [0, 0.1) is 0 Å². The molecule has 0 aliphatic heterocycles. The number of thioether (sulfide) groups is 1. The normalized spacial score (nSPS) is 9.55. The van der Waals surface area contributed by atoms with Gasteiger partial charge < -0.3 is 0 Å². The summed E-state index contributed by atoms with van der Waals surface area (Å²) in [6, 6.07) is 1.69. The lowest BCUT2D eigenvalue weighted by molar-refractivity contribution is 0.101. The Labute approximate surface area is 69.3 Å². The Morgan fingerprint density at radius 3 is 2.73 bits per heavy atom. The van der Waals surface area contributed by atoms with Crippen LogP contribution in [-0.4, -0.2) is 27.8 Å². The van der Waals surface area contributed by atoms with Gasteiger partial charge in [0.25, 0.3) is 0 Å². The smallest absolute Gasteiger partial charge is 0.209 e. The highest BCUT2D eigenvalue weighted by Crippen LogP contribution is 1.97. The van der Waals surface area contributed by atoms with E-state index in [1.54, 1.807) is 18.5 Å². The third-order valence-corrected chi connectivity index (χ3v) is 1.64. The molecule has 1 heterocycles. The first-order valence-electron chi connectivity index (χ1n) is 3.13. The number of hydrogen-bond donors (Lipinski definition) is 0. The second kappa shape index (κ2) is 4.08. The summed E-state index contributed by atoms with van der Waals surface area (Å²) in [6.07, 6.45) is 5.02. The predicted octanol–water partition coefficient (Wildman–Crippen LogP) is 1.02. The van der Waals surface area contributed by atoms with Crippen molar-refractivity contribution in [2.75, 3.05) is 12.0 Å². The molecule has 1 rings (SSSR count). The van der Waals surface area contributed by atoms with Crippen molar-refractivity contribution in [3.8, 4) is 0 Å². The van der Waals surface area contributed by atoms with Gasteiger partial charge in [0, 0.05) is 12.4 Å². The summed E-state index contributed by atoms with van der Waals surface area (Å²) in [5, 5.41) is 0. The van der Waals surface area contributed by atoms with E-state index in [1.807, 2.05) is 6.26 Å². The van der Waals surface area contributed by atoms with Gasteiger partial charge in [0.1, 0.15) is 0 Å². The number of hydrogen-bond acceptors (Lipinski definition) is 4. The monoisotopic (exact) mass is 168 g/mol. The Balaban J connectivity index is 2.69. The van der Waals surface area contributed by atoms with Crippen molar-refractivity contribution < 1.29 is 4.79 Å². The van der Waals surface area contributed by atoms with E-state index >= 15 is 0 Å². The van der Waals surface area contributed by atoms with Crippen LogP contribution in [0.2, 0.25) is 0 Å². The van der Waals surface area contributed by atoms with Crippen LogP contribution < -0.4 is 0 Å². The van der Waals surface area contributed by atoms with Crippen LogP contribution in [-0.2, 0) is 0 Å². The first kappa shape index (κ1) is 8.20. The fourth-order valence-corrected chi connectivity index (χ4v) is 1.03. The molecule has 1 aromatic rings. The molecule has 0 radical (unpaired) electrons. The summed E-state index contributed by atoms with van der Waals surface area (Å²) in [5.74, 6) is 0.740. The van der Waals surface area contributed by atoms with Crippen LogP contribution in [0.4, 0.5) is 0 Å². The lowest BCUT2D eigenvalue weighted by Gasteiger charge is -1.93. The third-order valence-electron chi connectivity index (χ3n) is 1.09. The molecule has 0 saturated heterocycles. The molecule has 3 nitrogen and oxygen atoms in total. The predicted molar refractivity (Wildman–Crippen MR) is 44.7 cm³/mol. The summed E-state index contributed by atoms with van der Waals surface area (Å²) < 4.78 is 0. The van der Waals surface area contributed by atoms with Gasteiger partial charge in [-0.2, -0.15) is 11.8 Å². The van der Waals surface area contributed by atoms with E-state index in [9.17, 15) is 4.79 Å². The van der Waals surface area contributed by atoms with E-state index in [0.717, 1.165) is 0 Å². The maximum Gasteiger partial charge on any atom is 0.209 e. The molecule has 0 aliphatic carbocycles. The summed E-state index contributed by atoms with van der Waals surface area (Å²) >= 11 is 1.48. The molecule has 58 valence electrons. The minimum atomic E-state index is -0.0156. The number of Topliss-reactive ketones (excluding diaryl/α,β-unsaturated/α-hetero) is 1. The summed E-state index contributed by atoms with van der Waals surface area (Å²) in [6.45, 7) is 0. The number of aromatic nitrogens is 2. The molecular formula is C7H8N2OS. The van der Waals surface area contributed by atoms with Crippen molar-refractivity contribution in [1.82, 2.24) is 9.97 Å². The third kappa shape index (κ3) is 2.31. The molecule has 1 aromatic heterocycles. The molecule has 0 aliphatic rings. The zero-order valence-corrected chi connectivity index (χ0v) is 6.97. The molecule has 0 unspecified atom stereocenters. The molecule has 0 N–H and O–H groups in total. The van der Waals surface area contributed by atoms with Gasteiger partial charge >= 0.3 is 0 Å². The van der Waals surface area contributed by atoms with Gasteiger partial charge in [0.05, 0.1) is 5.75 Å². The van der Waals surface area contributed by atoms with Crippen molar-refractivity contribution in [1.29, 1.82) is 0 Å². The van der Waals surface area contributed by atoms with Gasteiger partial charge in [-0.05, 0) is 12.3 Å². The van der Waals surface area contributed by atoms with Gasteiger partial charge in [-0.1, -0.05) is 0 Å². The molecule has 0 atom stereocenters. The highest BCUT2D eigenvalue weighted by molar-refractivity contribution is 7.99. The SMILES string of the molecule is CSCC(=O)c1ncccn1. The van der Waals surface area contributed by atoms with Crippen LogP contribution in [0.1, 0.15) is 10.6 Å². The van der Waals surface area contributed by atoms with Crippen LogP contribution in [0.5, 0.6) is 0 Å². The second-order valence-corrected chi connectivity index (χ2v) is 2.79. The Morgan fingerprint density at radius 2 is 2.18 bits per heavy atom. The largest absolute Gasteiger partial charge is 0.290 e. The van der Waals surface area contributed by atoms with E-state index < -0.39 is 0 Å².